The van der Waals surface area contributed by atoms with Gasteiger partial charge in [-0.2, -0.15) is 0 Å². The lowest BCUT2D eigenvalue weighted by Gasteiger charge is -1.85. The lowest BCUT2D eigenvalue weighted by molar-refractivity contribution is 0.0690. The third-order valence-electron chi connectivity index (χ3n) is 2.41. The molecule has 0 amide bonds. The van der Waals surface area contributed by atoms with Crippen LogP contribution in [0.4, 0.5) is 0 Å². The van der Waals surface area contributed by atoms with E-state index in [1.807, 2.05) is 0 Å². The molecule has 0 aliphatic carbocycles. The molecule has 3 rings (SSSR count). The van der Waals surface area contributed by atoms with E-state index < -0.39 is 5.97 Å². The summed E-state index contributed by atoms with van der Waals surface area (Å²) in [5.74, 6) is 0.196. The highest BCUT2D eigenvalue weighted by atomic mass is 16.4. The van der Waals surface area contributed by atoms with Crippen LogP contribution < -0.4 is 0 Å². The number of fused-ring (bicyclic) bond motifs is 1. The predicted molar refractivity (Wildman–Crippen MR) is 56.7 cm³/mol. The molecular formula is C10H8N4O3. The number of oxazole rings is 1. The molecule has 0 saturated carbocycles. The molecule has 3 heterocycles. The second-order valence-corrected chi connectivity index (χ2v) is 3.58. The third kappa shape index (κ3) is 1.40. The molecule has 0 radical (unpaired) electrons. The summed E-state index contributed by atoms with van der Waals surface area (Å²) < 4.78 is 7.10. The Labute approximate surface area is 94.7 Å². The third-order valence-corrected chi connectivity index (χ3v) is 2.41. The van der Waals surface area contributed by atoms with Gasteiger partial charge in [-0.25, -0.2) is 14.8 Å². The van der Waals surface area contributed by atoms with Crippen molar-refractivity contribution >= 4 is 11.8 Å². The first-order chi connectivity index (χ1) is 8.15. The van der Waals surface area contributed by atoms with E-state index >= 15 is 0 Å². The summed E-state index contributed by atoms with van der Waals surface area (Å²) in [4.78, 5) is 21.7. The highest BCUT2D eigenvalue weighted by Crippen LogP contribution is 2.20. The van der Waals surface area contributed by atoms with Crippen molar-refractivity contribution in [3.63, 3.8) is 0 Å². The topological polar surface area (TPSA) is 96.4 Å². The molecule has 7 heteroatoms. The number of carbonyl (C=O) groups is 1. The summed E-state index contributed by atoms with van der Waals surface area (Å²) in [5, 5.41) is 8.90. The van der Waals surface area contributed by atoms with Crippen LogP contribution in [0.5, 0.6) is 0 Å². The van der Waals surface area contributed by atoms with Gasteiger partial charge >= 0.3 is 11.8 Å². The lowest BCUT2D eigenvalue weighted by Crippen LogP contribution is -1.98. The smallest absolute Gasteiger partial charge is 0.356 e. The Hall–Kier alpha value is -2.57. The molecule has 0 spiro atoms. The molecule has 0 saturated heterocycles. The molecule has 7 nitrogen and oxygen atoms in total. The Bertz CT molecular complexity index is 678. The normalized spacial score (nSPS) is 11.1. The number of carboxylic acid groups (broad SMARTS) is 1. The molecule has 86 valence electrons. The zero-order valence-electron chi connectivity index (χ0n) is 8.84. The number of imidazole rings is 2. The largest absolute Gasteiger partial charge is 0.476 e. The van der Waals surface area contributed by atoms with Crippen molar-refractivity contribution in [3.8, 4) is 11.6 Å². The summed E-state index contributed by atoms with van der Waals surface area (Å²) in [6.45, 7) is 1.65. The first kappa shape index (κ1) is 9.64. The molecule has 0 atom stereocenters. The highest BCUT2D eigenvalue weighted by molar-refractivity contribution is 5.87. The fourth-order valence-electron chi connectivity index (χ4n) is 1.62. The number of nitrogens with one attached hydrogen (secondary N) is 1. The minimum Gasteiger partial charge on any atom is -0.476 e. The molecule has 0 aromatic carbocycles. The fourth-order valence-corrected chi connectivity index (χ4v) is 1.62. The van der Waals surface area contributed by atoms with Crippen LogP contribution in [0.2, 0.25) is 0 Å². The molecule has 2 N–H and O–H groups in total. The van der Waals surface area contributed by atoms with Gasteiger partial charge in [0.25, 0.3) is 0 Å². The zero-order chi connectivity index (χ0) is 12.0. The first-order valence-electron chi connectivity index (χ1n) is 4.88. The van der Waals surface area contributed by atoms with Gasteiger partial charge in [0, 0.05) is 18.1 Å². The number of aromatic carboxylic acids is 1. The van der Waals surface area contributed by atoms with Crippen LogP contribution in [-0.4, -0.2) is 30.4 Å². The number of hydrogen-bond donors (Lipinski definition) is 2. The molecule has 0 bridgehead atoms. The van der Waals surface area contributed by atoms with Gasteiger partial charge in [0.2, 0.25) is 0 Å². The molecule has 0 unspecified atom stereocenters. The number of H-pyrrole nitrogens is 1. The molecule has 0 aliphatic heterocycles. The van der Waals surface area contributed by atoms with Gasteiger partial charge in [0.1, 0.15) is 0 Å². The van der Waals surface area contributed by atoms with Gasteiger partial charge < -0.3 is 14.5 Å². The summed E-state index contributed by atoms with van der Waals surface area (Å²) in [7, 11) is 0. The van der Waals surface area contributed by atoms with E-state index in [9.17, 15) is 4.79 Å². The minimum absolute atomic E-state index is 0.00552. The fraction of sp³-hybridized carbons (Fsp3) is 0.100. The number of hydrogen-bond acceptors (Lipinski definition) is 4. The van der Waals surface area contributed by atoms with Crippen LogP contribution in [0.3, 0.4) is 0 Å². The summed E-state index contributed by atoms with van der Waals surface area (Å²) in [5.41, 5.74) is 0.482. The van der Waals surface area contributed by atoms with E-state index in [1.54, 1.807) is 29.9 Å². The van der Waals surface area contributed by atoms with E-state index in [0.29, 0.717) is 23.1 Å². The monoisotopic (exact) mass is 232 g/mol. The molecule has 0 fully saturated rings. The molecule has 17 heavy (non-hydrogen) atoms. The number of aromatic nitrogens is 4. The van der Waals surface area contributed by atoms with Gasteiger partial charge in [0.05, 0.1) is 6.20 Å². The maximum absolute atomic E-state index is 10.9. The van der Waals surface area contributed by atoms with E-state index in [4.69, 9.17) is 9.52 Å². The predicted octanol–water partition coefficient (Wildman–Crippen LogP) is 1.32. The van der Waals surface area contributed by atoms with Crippen LogP contribution in [0.1, 0.15) is 16.2 Å². The van der Waals surface area contributed by atoms with Crippen LogP contribution in [-0.2, 0) is 0 Å². The highest BCUT2D eigenvalue weighted by Gasteiger charge is 2.17. The van der Waals surface area contributed by atoms with Crippen LogP contribution in [0.25, 0.3) is 17.4 Å². The van der Waals surface area contributed by atoms with Crippen LogP contribution in [0, 0.1) is 6.92 Å². The molecule has 3 aromatic rings. The van der Waals surface area contributed by atoms with E-state index in [0.717, 1.165) is 0 Å². The number of rotatable bonds is 2. The summed E-state index contributed by atoms with van der Waals surface area (Å²) >= 11 is 0. The van der Waals surface area contributed by atoms with Crippen molar-refractivity contribution in [3.05, 3.63) is 30.0 Å². The van der Waals surface area contributed by atoms with E-state index in [1.165, 1.54) is 0 Å². The zero-order valence-corrected chi connectivity index (χ0v) is 8.84. The molecule has 3 aromatic heterocycles. The lowest BCUT2D eigenvalue weighted by atomic mass is 10.4. The maximum Gasteiger partial charge on any atom is 0.356 e. The van der Waals surface area contributed by atoms with Gasteiger partial charge in [-0.15, -0.1) is 0 Å². The minimum atomic E-state index is -1.07. The Morgan fingerprint density at radius 3 is 3.06 bits per heavy atom. The Balaban J connectivity index is 2.12. The van der Waals surface area contributed by atoms with Gasteiger partial charge in [-0.3, -0.25) is 4.40 Å². The van der Waals surface area contributed by atoms with Crippen molar-refractivity contribution in [2.75, 3.05) is 0 Å². The number of aromatic amines is 1. The average molecular weight is 232 g/mol. The van der Waals surface area contributed by atoms with Crippen molar-refractivity contribution in [1.29, 1.82) is 0 Å². The van der Waals surface area contributed by atoms with Crippen molar-refractivity contribution in [2.45, 2.75) is 6.92 Å². The van der Waals surface area contributed by atoms with Crippen molar-refractivity contribution in [1.82, 2.24) is 19.4 Å². The number of aryl methyl sites for hydroxylation is 1. The summed E-state index contributed by atoms with van der Waals surface area (Å²) in [6.07, 6.45) is 5.03. The molecular weight excluding hydrogens is 224 g/mol. The van der Waals surface area contributed by atoms with Crippen LogP contribution >= 0.6 is 0 Å². The summed E-state index contributed by atoms with van der Waals surface area (Å²) in [6, 6.07) is 0. The van der Waals surface area contributed by atoms with Crippen molar-refractivity contribution in [2.24, 2.45) is 0 Å². The van der Waals surface area contributed by atoms with Gasteiger partial charge in [0.15, 0.2) is 17.3 Å². The van der Waals surface area contributed by atoms with Gasteiger partial charge in [-0.05, 0) is 6.92 Å². The standard InChI is InChI=1S/C10H8N4O3/c1-5-7(9(15)16)13-8(12-5)6-4-14-3-2-11-10(14)17-6/h2-4H,1H3,(H,12,13)(H,15,16). The number of carboxylic acids is 1. The Kier molecular flexibility index (Phi) is 1.82. The van der Waals surface area contributed by atoms with Gasteiger partial charge in [-0.1, -0.05) is 0 Å². The Morgan fingerprint density at radius 1 is 1.59 bits per heavy atom. The average Bonchev–Trinajstić information content (AvgIpc) is 2.88. The second kappa shape index (κ2) is 3.21. The second-order valence-electron chi connectivity index (χ2n) is 3.58. The first-order valence-corrected chi connectivity index (χ1v) is 4.88. The SMILES string of the molecule is Cc1[nH]c(-c2cn3ccnc3o2)nc1C(=O)O. The van der Waals surface area contributed by atoms with Crippen LogP contribution in [0.15, 0.2) is 23.0 Å². The number of nitrogens with zero attached hydrogens (tertiary/aromatic N) is 3. The Morgan fingerprint density at radius 2 is 2.41 bits per heavy atom. The maximum atomic E-state index is 10.9. The van der Waals surface area contributed by atoms with E-state index in [-0.39, 0.29) is 5.69 Å². The molecule has 0 aliphatic rings. The quantitative estimate of drug-likeness (QED) is 0.694. The van der Waals surface area contributed by atoms with Crippen molar-refractivity contribution < 1.29 is 14.3 Å². The van der Waals surface area contributed by atoms with E-state index in [2.05, 4.69) is 15.0 Å².